The van der Waals surface area contributed by atoms with Crippen molar-refractivity contribution in [3.05, 3.63) is 41.5 Å². The molecule has 1 aliphatic heterocycles. The van der Waals surface area contributed by atoms with Crippen molar-refractivity contribution in [2.24, 2.45) is 0 Å². The summed E-state index contributed by atoms with van der Waals surface area (Å²) in [6.45, 7) is 2.56. The van der Waals surface area contributed by atoms with Crippen molar-refractivity contribution in [2.75, 3.05) is 6.54 Å². The summed E-state index contributed by atoms with van der Waals surface area (Å²) in [5, 5.41) is 9.33. The second-order valence-corrected chi connectivity index (χ2v) is 5.86. The number of nitrogens with zero attached hydrogens (tertiary/aromatic N) is 2. The Morgan fingerprint density at radius 1 is 1.36 bits per heavy atom. The molecule has 8 nitrogen and oxygen atoms in total. The molecular weight excluding hydrogens is 324 g/mol. The molecule has 1 aromatic heterocycles. The molecule has 25 heavy (non-hydrogen) atoms. The van der Waals surface area contributed by atoms with E-state index in [0.717, 1.165) is 12.8 Å². The summed E-state index contributed by atoms with van der Waals surface area (Å²) < 4.78 is 10.4. The molecule has 132 valence electrons. The highest BCUT2D eigenvalue weighted by molar-refractivity contribution is 5.97. The highest BCUT2D eigenvalue weighted by Gasteiger charge is 2.22. The Kier molecular flexibility index (Phi) is 5.27. The Hall–Kier alpha value is -2.90. The third kappa shape index (κ3) is 4.56. The van der Waals surface area contributed by atoms with Gasteiger partial charge in [-0.25, -0.2) is 0 Å². The van der Waals surface area contributed by atoms with Gasteiger partial charge in [-0.3, -0.25) is 9.59 Å². The Morgan fingerprint density at radius 2 is 2.16 bits per heavy atom. The number of carbonyl (C=O) groups is 2. The molecule has 2 amide bonds. The molecule has 0 radical (unpaired) electrons. The third-order valence-corrected chi connectivity index (χ3v) is 3.89. The minimum absolute atomic E-state index is 0.124. The van der Waals surface area contributed by atoms with Crippen molar-refractivity contribution < 1.29 is 18.8 Å². The molecule has 0 bridgehead atoms. The number of hydrogen-bond donors (Lipinski definition) is 2. The Labute approximate surface area is 144 Å². The highest BCUT2D eigenvalue weighted by Crippen LogP contribution is 2.14. The second kappa shape index (κ2) is 7.78. The molecule has 0 saturated carbocycles. The summed E-state index contributed by atoms with van der Waals surface area (Å²) in [5.74, 6) is 1.13. The first-order valence-electron chi connectivity index (χ1n) is 8.22. The van der Waals surface area contributed by atoms with E-state index in [9.17, 15) is 9.59 Å². The normalized spacial score (nSPS) is 17.5. The topological polar surface area (TPSA) is 106 Å². The van der Waals surface area contributed by atoms with Gasteiger partial charge in [0.25, 0.3) is 5.91 Å². The zero-order valence-corrected chi connectivity index (χ0v) is 13.9. The summed E-state index contributed by atoms with van der Waals surface area (Å²) >= 11 is 0. The molecule has 2 aromatic rings. The summed E-state index contributed by atoms with van der Waals surface area (Å²) in [6.07, 6.45) is 2.50. The van der Waals surface area contributed by atoms with Crippen LogP contribution in [0.4, 0.5) is 0 Å². The van der Waals surface area contributed by atoms with Crippen LogP contribution < -0.4 is 15.4 Å². The van der Waals surface area contributed by atoms with Gasteiger partial charge < -0.3 is 19.9 Å². The van der Waals surface area contributed by atoms with Crippen LogP contribution in [-0.4, -0.2) is 34.5 Å². The van der Waals surface area contributed by atoms with E-state index >= 15 is 0 Å². The van der Waals surface area contributed by atoms with E-state index in [2.05, 4.69) is 20.8 Å². The number of carbonyl (C=O) groups excluding carboxylic acids is 2. The number of rotatable bonds is 5. The Balaban J connectivity index is 1.55. The molecule has 0 aliphatic carbocycles. The number of nitrogens with one attached hydrogen (secondary N) is 2. The van der Waals surface area contributed by atoms with Crippen LogP contribution in [0, 0.1) is 6.92 Å². The summed E-state index contributed by atoms with van der Waals surface area (Å²) in [6, 6.07) is 6.21. The fourth-order valence-electron chi connectivity index (χ4n) is 2.57. The van der Waals surface area contributed by atoms with Crippen molar-refractivity contribution in [3.8, 4) is 5.75 Å². The number of ether oxygens (including phenoxy) is 1. The Morgan fingerprint density at radius 3 is 2.88 bits per heavy atom. The first kappa shape index (κ1) is 16.9. The molecule has 1 atom stereocenters. The van der Waals surface area contributed by atoms with Gasteiger partial charge in [0.2, 0.25) is 17.6 Å². The predicted octanol–water partition coefficient (Wildman–Crippen LogP) is 1.36. The van der Waals surface area contributed by atoms with Crippen LogP contribution in [0.15, 0.2) is 28.8 Å². The maximum Gasteiger partial charge on any atom is 0.251 e. The second-order valence-electron chi connectivity index (χ2n) is 5.86. The lowest BCUT2D eigenvalue weighted by Gasteiger charge is -2.15. The first-order valence-corrected chi connectivity index (χ1v) is 8.22. The van der Waals surface area contributed by atoms with Gasteiger partial charge in [-0.15, -0.1) is 0 Å². The molecule has 1 saturated heterocycles. The smallest absolute Gasteiger partial charge is 0.251 e. The van der Waals surface area contributed by atoms with Gasteiger partial charge in [0.15, 0.2) is 6.61 Å². The highest BCUT2D eigenvalue weighted by atomic mass is 16.5. The van der Waals surface area contributed by atoms with Crippen LogP contribution >= 0.6 is 0 Å². The predicted molar refractivity (Wildman–Crippen MR) is 87.9 cm³/mol. The van der Waals surface area contributed by atoms with E-state index < -0.39 is 6.04 Å². The van der Waals surface area contributed by atoms with Crippen molar-refractivity contribution in [1.29, 1.82) is 0 Å². The van der Waals surface area contributed by atoms with Gasteiger partial charge in [0, 0.05) is 19.0 Å². The molecule has 0 spiro atoms. The maximum absolute atomic E-state index is 12.3. The molecule has 2 N–H and O–H groups in total. The van der Waals surface area contributed by atoms with Crippen molar-refractivity contribution in [2.45, 2.75) is 38.8 Å². The fourth-order valence-corrected chi connectivity index (χ4v) is 2.57. The van der Waals surface area contributed by atoms with Gasteiger partial charge in [0.05, 0.1) is 0 Å². The van der Waals surface area contributed by atoms with E-state index in [4.69, 9.17) is 9.26 Å². The van der Waals surface area contributed by atoms with Crippen LogP contribution in [0.3, 0.4) is 0 Å². The van der Waals surface area contributed by atoms with Gasteiger partial charge in [0.1, 0.15) is 11.8 Å². The standard InChI is InChI=1S/C17H20N4O4/c1-11-19-15(21-25-11)10-24-13-7-5-12(6-8-13)16(22)20-14-4-2-3-9-18-17(14)23/h5-8,14H,2-4,9-10H2,1H3,(H,18,23)(H,20,22)/t14-/m1/s1. The van der Waals surface area contributed by atoms with Crippen LogP contribution in [0.2, 0.25) is 0 Å². The number of benzene rings is 1. The quantitative estimate of drug-likeness (QED) is 0.848. The van der Waals surface area contributed by atoms with Gasteiger partial charge in [-0.2, -0.15) is 4.98 Å². The van der Waals surface area contributed by atoms with E-state index in [0.29, 0.717) is 36.0 Å². The molecule has 0 unspecified atom stereocenters. The molecule has 2 heterocycles. The SMILES string of the molecule is Cc1nc(COc2ccc(C(=O)N[C@@H]3CCCCNC3=O)cc2)no1. The number of amides is 2. The molecular formula is C17H20N4O4. The van der Waals surface area contributed by atoms with E-state index in [1.54, 1.807) is 31.2 Å². The summed E-state index contributed by atoms with van der Waals surface area (Å²) in [4.78, 5) is 28.2. The average Bonchev–Trinajstić information content (AvgIpc) is 2.93. The lowest BCUT2D eigenvalue weighted by molar-refractivity contribution is -0.122. The maximum atomic E-state index is 12.3. The molecule has 1 fully saturated rings. The number of aryl methyl sites for hydroxylation is 1. The minimum Gasteiger partial charge on any atom is -0.485 e. The van der Waals surface area contributed by atoms with Gasteiger partial charge in [-0.1, -0.05) is 5.16 Å². The molecule has 1 aromatic carbocycles. The lowest BCUT2D eigenvalue weighted by Crippen LogP contribution is -2.45. The summed E-state index contributed by atoms with van der Waals surface area (Å²) in [5.41, 5.74) is 0.472. The number of aromatic nitrogens is 2. The van der Waals surface area contributed by atoms with E-state index in [1.165, 1.54) is 0 Å². The zero-order chi connectivity index (χ0) is 17.6. The van der Waals surface area contributed by atoms with Crippen LogP contribution in [-0.2, 0) is 11.4 Å². The summed E-state index contributed by atoms with van der Waals surface area (Å²) in [7, 11) is 0. The molecule has 8 heteroatoms. The van der Waals surface area contributed by atoms with E-state index in [1.807, 2.05) is 0 Å². The van der Waals surface area contributed by atoms with Crippen LogP contribution in [0.25, 0.3) is 0 Å². The van der Waals surface area contributed by atoms with Crippen LogP contribution in [0.5, 0.6) is 5.75 Å². The van der Waals surface area contributed by atoms with Crippen molar-refractivity contribution in [1.82, 2.24) is 20.8 Å². The van der Waals surface area contributed by atoms with Gasteiger partial charge in [-0.05, 0) is 43.5 Å². The average molecular weight is 344 g/mol. The van der Waals surface area contributed by atoms with Crippen molar-refractivity contribution >= 4 is 11.8 Å². The number of hydrogen-bond acceptors (Lipinski definition) is 6. The fraction of sp³-hybridized carbons (Fsp3) is 0.412. The minimum atomic E-state index is -0.479. The lowest BCUT2D eigenvalue weighted by atomic mass is 10.1. The first-order chi connectivity index (χ1) is 12.1. The van der Waals surface area contributed by atoms with Crippen molar-refractivity contribution in [3.63, 3.8) is 0 Å². The van der Waals surface area contributed by atoms with Crippen LogP contribution in [0.1, 0.15) is 41.3 Å². The van der Waals surface area contributed by atoms with E-state index in [-0.39, 0.29) is 18.4 Å². The Bertz CT molecular complexity index is 741. The largest absolute Gasteiger partial charge is 0.485 e. The van der Waals surface area contributed by atoms with Gasteiger partial charge >= 0.3 is 0 Å². The third-order valence-electron chi connectivity index (χ3n) is 3.89. The zero-order valence-electron chi connectivity index (χ0n) is 13.9. The molecule has 1 aliphatic rings. The molecule has 3 rings (SSSR count). The monoisotopic (exact) mass is 344 g/mol.